The highest BCUT2D eigenvalue weighted by atomic mass is 32.2. The van der Waals surface area contributed by atoms with Gasteiger partial charge in [0.15, 0.2) is 0 Å². The zero-order valence-electron chi connectivity index (χ0n) is 19.8. The van der Waals surface area contributed by atoms with Crippen LogP contribution in [0.25, 0.3) is 0 Å². The van der Waals surface area contributed by atoms with Gasteiger partial charge in [0.05, 0.1) is 11.3 Å². The molecule has 1 saturated heterocycles. The van der Waals surface area contributed by atoms with Gasteiger partial charge in [-0.3, -0.25) is 4.72 Å². The fourth-order valence-electron chi connectivity index (χ4n) is 4.68. The standard InChI is InChI=1S/C26H24F6N2O3S/c27-25(28,29)21-10-8-19(9-11-21)24(18-5-2-1-3-6-18)20-7-4-16-34(17-20)38(35,36)33-22-12-14-23(15-13-22)37-26(30,31)32/h1-3,5-6,8-15,20,24,33H,4,7,16-17H2. The molecule has 3 aromatic carbocycles. The third kappa shape index (κ3) is 6.98. The van der Waals surface area contributed by atoms with Gasteiger partial charge in [-0.15, -0.1) is 13.2 Å². The van der Waals surface area contributed by atoms with Crippen molar-refractivity contribution in [3.63, 3.8) is 0 Å². The number of rotatable bonds is 7. The van der Waals surface area contributed by atoms with Gasteiger partial charge in [0.25, 0.3) is 0 Å². The van der Waals surface area contributed by atoms with Gasteiger partial charge in [-0.25, -0.2) is 0 Å². The van der Waals surface area contributed by atoms with E-state index in [0.717, 1.165) is 42.0 Å². The molecule has 0 aliphatic carbocycles. The van der Waals surface area contributed by atoms with Crippen LogP contribution in [0, 0.1) is 5.92 Å². The Bertz CT molecular complexity index is 1310. The monoisotopic (exact) mass is 558 g/mol. The lowest BCUT2D eigenvalue weighted by molar-refractivity contribution is -0.274. The molecule has 2 unspecified atom stereocenters. The van der Waals surface area contributed by atoms with Gasteiger partial charge in [0.2, 0.25) is 0 Å². The lowest BCUT2D eigenvalue weighted by Crippen LogP contribution is -2.44. The van der Waals surface area contributed by atoms with E-state index in [2.05, 4.69) is 9.46 Å². The van der Waals surface area contributed by atoms with Crippen LogP contribution in [0.3, 0.4) is 0 Å². The van der Waals surface area contributed by atoms with Crippen LogP contribution in [-0.2, 0) is 16.4 Å². The van der Waals surface area contributed by atoms with Crippen molar-refractivity contribution in [2.75, 3.05) is 17.8 Å². The Balaban J connectivity index is 1.55. The predicted octanol–water partition coefficient (Wildman–Crippen LogP) is 6.80. The molecule has 0 spiro atoms. The Morgan fingerprint density at radius 3 is 2.03 bits per heavy atom. The molecule has 1 aliphatic rings. The number of benzene rings is 3. The molecule has 4 rings (SSSR count). The number of halogens is 6. The molecule has 204 valence electrons. The molecule has 38 heavy (non-hydrogen) atoms. The molecule has 2 atom stereocenters. The number of hydrogen-bond acceptors (Lipinski definition) is 3. The van der Waals surface area contributed by atoms with Crippen molar-refractivity contribution in [1.82, 2.24) is 4.31 Å². The van der Waals surface area contributed by atoms with E-state index < -0.39 is 34.1 Å². The van der Waals surface area contributed by atoms with Gasteiger partial charge in [0.1, 0.15) is 5.75 Å². The first kappa shape index (κ1) is 27.8. The number of piperidine rings is 1. The molecule has 1 heterocycles. The second-order valence-corrected chi connectivity index (χ2v) is 10.6. The summed E-state index contributed by atoms with van der Waals surface area (Å²) in [5.41, 5.74) is 0.784. The van der Waals surface area contributed by atoms with E-state index in [1.165, 1.54) is 16.4 Å². The number of hydrogen-bond donors (Lipinski definition) is 1. The lowest BCUT2D eigenvalue weighted by Gasteiger charge is -2.37. The van der Waals surface area contributed by atoms with E-state index >= 15 is 0 Å². The topological polar surface area (TPSA) is 58.6 Å². The molecular weight excluding hydrogens is 534 g/mol. The number of ether oxygens (including phenoxy) is 1. The largest absolute Gasteiger partial charge is 0.573 e. The molecule has 0 aromatic heterocycles. The van der Waals surface area contributed by atoms with Crippen LogP contribution in [0.5, 0.6) is 5.75 Å². The van der Waals surface area contributed by atoms with Crippen molar-refractivity contribution in [2.24, 2.45) is 5.92 Å². The predicted molar refractivity (Wildman–Crippen MR) is 130 cm³/mol. The molecule has 5 nitrogen and oxygen atoms in total. The van der Waals surface area contributed by atoms with Crippen molar-refractivity contribution in [3.05, 3.63) is 95.6 Å². The van der Waals surface area contributed by atoms with E-state index in [0.29, 0.717) is 18.4 Å². The highest BCUT2D eigenvalue weighted by Gasteiger charge is 2.36. The van der Waals surface area contributed by atoms with Gasteiger partial charge in [0, 0.05) is 19.0 Å². The molecule has 12 heteroatoms. The van der Waals surface area contributed by atoms with Crippen LogP contribution in [0.4, 0.5) is 32.0 Å². The quantitative estimate of drug-likeness (QED) is 0.325. The summed E-state index contributed by atoms with van der Waals surface area (Å²) in [5.74, 6) is -1.07. The summed E-state index contributed by atoms with van der Waals surface area (Å²) in [4.78, 5) is 0. The average molecular weight is 559 g/mol. The number of nitrogens with one attached hydrogen (secondary N) is 1. The van der Waals surface area contributed by atoms with Crippen molar-refractivity contribution in [1.29, 1.82) is 0 Å². The number of nitrogens with zero attached hydrogens (tertiary/aromatic N) is 1. The summed E-state index contributed by atoms with van der Waals surface area (Å²) in [5, 5.41) is 0. The Labute approximate surface area is 216 Å². The van der Waals surface area contributed by atoms with Gasteiger partial charge in [-0.2, -0.15) is 25.9 Å². The first-order valence-corrected chi connectivity index (χ1v) is 13.1. The molecule has 3 aromatic rings. The SMILES string of the molecule is O=S(=O)(Nc1ccc(OC(F)(F)F)cc1)N1CCCC(C(c2ccccc2)c2ccc(C(F)(F)F)cc2)C1. The van der Waals surface area contributed by atoms with Crippen molar-refractivity contribution in [3.8, 4) is 5.75 Å². The minimum Gasteiger partial charge on any atom is -0.406 e. The Morgan fingerprint density at radius 2 is 1.45 bits per heavy atom. The smallest absolute Gasteiger partial charge is 0.406 e. The van der Waals surface area contributed by atoms with Crippen molar-refractivity contribution >= 4 is 15.9 Å². The van der Waals surface area contributed by atoms with Crippen LogP contribution in [-0.4, -0.2) is 32.2 Å². The van der Waals surface area contributed by atoms with Crippen LogP contribution in [0.2, 0.25) is 0 Å². The zero-order chi connectivity index (χ0) is 27.6. The molecule has 0 amide bonds. The summed E-state index contributed by atoms with van der Waals surface area (Å²) in [7, 11) is -4.07. The third-order valence-corrected chi connectivity index (χ3v) is 7.83. The molecule has 0 bridgehead atoms. The van der Waals surface area contributed by atoms with E-state index in [4.69, 9.17) is 0 Å². The maximum absolute atomic E-state index is 13.1. The maximum atomic E-state index is 13.1. The summed E-state index contributed by atoms with van der Waals surface area (Å²) >= 11 is 0. The summed E-state index contributed by atoms with van der Waals surface area (Å²) in [6, 6.07) is 18.4. The molecule has 1 fully saturated rings. The normalized spacial score (nSPS) is 18.1. The highest BCUT2D eigenvalue weighted by Crippen LogP contribution is 2.39. The highest BCUT2D eigenvalue weighted by molar-refractivity contribution is 7.90. The van der Waals surface area contributed by atoms with Crippen LogP contribution in [0.1, 0.15) is 35.4 Å². The van der Waals surface area contributed by atoms with Gasteiger partial charge in [-0.1, -0.05) is 42.5 Å². The first-order chi connectivity index (χ1) is 17.8. The zero-order valence-corrected chi connectivity index (χ0v) is 20.7. The summed E-state index contributed by atoms with van der Waals surface area (Å²) in [6.45, 7) is 0.320. The van der Waals surface area contributed by atoms with Gasteiger partial charge >= 0.3 is 22.7 Å². The minimum absolute atomic E-state index is 0.0593. The lowest BCUT2D eigenvalue weighted by atomic mass is 9.77. The Morgan fingerprint density at radius 1 is 0.842 bits per heavy atom. The van der Waals surface area contributed by atoms with Crippen LogP contribution >= 0.6 is 0 Å². The Hall–Kier alpha value is -3.25. The second kappa shape index (κ2) is 10.9. The van der Waals surface area contributed by atoms with Crippen molar-refractivity contribution < 1.29 is 39.5 Å². The number of anilines is 1. The van der Waals surface area contributed by atoms with Gasteiger partial charge < -0.3 is 4.74 Å². The van der Waals surface area contributed by atoms with Crippen molar-refractivity contribution in [2.45, 2.75) is 31.3 Å². The minimum atomic E-state index is -4.87. The summed E-state index contributed by atoms with van der Waals surface area (Å²) in [6.07, 6.45) is -8.17. The van der Waals surface area contributed by atoms with Gasteiger partial charge in [-0.05, 0) is 66.3 Å². The molecule has 0 radical (unpaired) electrons. The molecule has 1 aliphatic heterocycles. The fourth-order valence-corrected chi connectivity index (χ4v) is 6.00. The first-order valence-electron chi connectivity index (χ1n) is 11.7. The van der Waals surface area contributed by atoms with E-state index in [-0.39, 0.29) is 30.6 Å². The maximum Gasteiger partial charge on any atom is 0.573 e. The fraction of sp³-hybridized carbons (Fsp3) is 0.308. The number of alkyl halides is 6. The molecular formula is C26H24F6N2O3S. The second-order valence-electron chi connectivity index (χ2n) is 8.95. The third-order valence-electron chi connectivity index (χ3n) is 6.32. The van der Waals surface area contributed by atoms with E-state index in [1.807, 2.05) is 30.3 Å². The Kier molecular flexibility index (Phi) is 7.93. The average Bonchev–Trinajstić information content (AvgIpc) is 2.85. The van der Waals surface area contributed by atoms with Crippen LogP contribution in [0.15, 0.2) is 78.9 Å². The molecule has 0 saturated carbocycles. The van der Waals surface area contributed by atoms with E-state index in [1.54, 1.807) is 0 Å². The van der Waals surface area contributed by atoms with E-state index in [9.17, 15) is 34.8 Å². The van der Waals surface area contributed by atoms with Crippen LogP contribution < -0.4 is 9.46 Å². The summed E-state index contributed by atoms with van der Waals surface area (Å²) < 4.78 is 110. The molecule has 1 N–H and O–H groups in total.